The third-order valence-corrected chi connectivity index (χ3v) is 5.45. The van der Waals surface area contributed by atoms with Crippen molar-refractivity contribution in [3.63, 3.8) is 0 Å². The van der Waals surface area contributed by atoms with Gasteiger partial charge in [0.15, 0.2) is 18.2 Å². The fourth-order valence-corrected chi connectivity index (χ4v) is 3.77. The highest BCUT2D eigenvalue weighted by Gasteiger charge is 2.21. The Bertz CT molecular complexity index is 1350. The Labute approximate surface area is 185 Å². The molecule has 0 N–H and O–H groups in total. The number of benzene rings is 3. The third kappa shape index (κ3) is 4.12. The van der Waals surface area contributed by atoms with E-state index < -0.39 is 0 Å². The van der Waals surface area contributed by atoms with Gasteiger partial charge in [0.05, 0.1) is 10.4 Å². The largest absolute Gasteiger partial charge is 0.478 e. The number of hydrogen-bond donors (Lipinski definition) is 0. The summed E-state index contributed by atoms with van der Waals surface area (Å²) in [6.07, 6.45) is 0. The predicted octanol–water partition coefficient (Wildman–Crippen LogP) is 6.30. The van der Waals surface area contributed by atoms with E-state index in [1.807, 2.05) is 39.0 Å². The van der Waals surface area contributed by atoms with Gasteiger partial charge in [-0.05, 0) is 50.1 Å². The first kappa shape index (κ1) is 20.9. The molecule has 4 rings (SSSR count). The standard InChI is InChI=1S/C26H21ClO4/c1-15-8-10-18(11-9-15)22(28)14-30-26-23(29)20-13-16(2)12-17(3)24(20)31-25(26)19-6-4-5-7-21(19)27/h4-13H,14H2,1-3H3. The van der Waals surface area contributed by atoms with Crippen LogP contribution in [0, 0.1) is 20.8 Å². The number of ether oxygens (including phenoxy) is 1. The van der Waals surface area contributed by atoms with Crippen LogP contribution in [0.5, 0.6) is 5.75 Å². The highest BCUT2D eigenvalue weighted by Crippen LogP contribution is 2.36. The van der Waals surface area contributed by atoms with Gasteiger partial charge in [-0.2, -0.15) is 0 Å². The van der Waals surface area contributed by atoms with Gasteiger partial charge in [0.2, 0.25) is 11.2 Å². The fourth-order valence-electron chi connectivity index (χ4n) is 3.55. The fraction of sp³-hybridized carbons (Fsp3) is 0.154. The second-order valence-corrected chi connectivity index (χ2v) is 8.01. The molecule has 0 radical (unpaired) electrons. The first-order chi connectivity index (χ1) is 14.8. The number of ketones is 1. The Hall–Kier alpha value is -3.37. The monoisotopic (exact) mass is 432 g/mol. The molecule has 3 aromatic carbocycles. The Balaban J connectivity index is 1.84. The molecule has 31 heavy (non-hydrogen) atoms. The maximum atomic E-state index is 13.4. The van der Waals surface area contributed by atoms with Crippen LogP contribution in [0.1, 0.15) is 27.0 Å². The Morgan fingerprint density at radius 2 is 1.68 bits per heavy atom. The van der Waals surface area contributed by atoms with Crippen molar-refractivity contribution in [1.82, 2.24) is 0 Å². The topological polar surface area (TPSA) is 56.5 Å². The van der Waals surface area contributed by atoms with E-state index >= 15 is 0 Å². The molecule has 0 bridgehead atoms. The Kier molecular flexibility index (Phi) is 5.66. The summed E-state index contributed by atoms with van der Waals surface area (Å²) in [5.74, 6) is -0.0390. The average Bonchev–Trinajstić information content (AvgIpc) is 2.74. The van der Waals surface area contributed by atoms with Crippen LogP contribution < -0.4 is 10.2 Å². The summed E-state index contributed by atoms with van der Waals surface area (Å²) >= 11 is 6.39. The van der Waals surface area contributed by atoms with E-state index in [1.54, 1.807) is 42.5 Å². The maximum Gasteiger partial charge on any atom is 0.235 e. The van der Waals surface area contributed by atoms with Crippen molar-refractivity contribution in [3.8, 4) is 17.1 Å². The van der Waals surface area contributed by atoms with Gasteiger partial charge in [0.1, 0.15) is 5.58 Å². The molecule has 4 aromatic rings. The van der Waals surface area contributed by atoms with E-state index in [4.69, 9.17) is 20.8 Å². The van der Waals surface area contributed by atoms with Crippen molar-refractivity contribution in [1.29, 1.82) is 0 Å². The molecule has 156 valence electrons. The van der Waals surface area contributed by atoms with Crippen molar-refractivity contribution in [3.05, 3.63) is 98.2 Å². The quantitative estimate of drug-likeness (QED) is 0.347. The van der Waals surface area contributed by atoms with Gasteiger partial charge in [-0.1, -0.05) is 59.6 Å². The van der Waals surface area contributed by atoms with Crippen LogP contribution in [-0.4, -0.2) is 12.4 Å². The molecule has 0 saturated carbocycles. The van der Waals surface area contributed by atoms with E-state index in [2.05, 4.69) is 0 Å². The molecule has 0 fully saturated rings. The highest BCUT2D eigenvalue weighted by atomic mass is 35.5. The van der Waals surface area contributed by atoms with Crippen molar-refractivity contribution in [2.45, 2.75) is 20.8 Å². The maximum absolute atomic E-state index is 13.4. The third-order valence-electron chi connectivity index (χ3n) is 5.12. The van der Waals surface area contributed by atoms with Gasteiger partial charge < -0.3 is 9.15 Å². The van der Waals surface area contributed by atoms with E-state index in [9.17, 15) is 9.59 Å². The van der Waals surface area contributed by atoms with Crippen LogP contribution in [0.4, 0.5) is 0 Å². The molecule has 0 amide bonds. The number of carbonyl (C=O) groups excluding carboxylic acids is 1. The van der Waals surface area contributed by atoms with Crippen molar-refractivity contribution >= 4 is 28.4 Å². The molecule has 1 heterocycles. The van der Waals surface area contributed by atoms with Crippen LogP contribution in [0.3, 0.4) is 0 Å². The van der Waals surface area contributed by atoms with E-state index in [0.717, 1.165) is 16.7 Å². The summed E-state index contributed by atoms with van der Waals surface area (Å²) in [6.45, 7) is 5.46. The predicted molar refractivity (Wildman–Crippen MR) is 123 cm³/mol. The molecule has 0 spiro atoms. The molecule has 0 atom stereocenters. The first-order valence-electron chi connectivity index (χ1n) is 9.91. The normalized spacial score (nSPS) is 11.0. The summed E-state index contributed by atoms with van der Waals surface area (Å²) in [5.41, 5.74) is 4.01. The smallest absolute Gasteiger partial charge is 0.235 e. The Morgan fingerprint density at radius 3 is 2.39 bits per heavy atom. The number of halogens is 1. The van der Waals surface area contributed by atoms with Gasteiger partial charge in [-0.15, -0.1) is 0 Å². The molecular weight excluding hydrogens is 412 g/mol. The second-order valence-electron chi connectivity index (χ2n) is 7.61. The van der Waals surface area contributed by atoms with Crippen LogP contribution in [0.25, 0.3) is 22.3 Å². The van der Waals surface area contributed by atoms with Crippen LogP contribution in [-0.2, 0) is 0 Å². The minimum atomic E-state index is -0.334. The minimum absolute atomic E-state index is 0.0222. The molecule has 0 aliphatic heterocycles. The van der Waals surface area contributed by atoms with Crippen molar-refractivity contribution < 1.29 is 13.9 Å². The van der Waals surface area contributed by atoms with Crippen molar-refractivity contribution in [2.75, 3.05) is 6.61 Å². The summed E-state index contributed by atoms with van der Waals surface area (Å²) in [4.78, 5) is 26.0. The van der Waals surface area contributed by atoms with E-state index in [-0.39, 0.29) is 29.3 Å². The van der Waals surface area contributed by atoms with Crippen LogP contribution in [0.2, 0.25) is 5.02 Å². The lowest BCUT2D eigenvalue weighted by Crippen LogP contribution is -2.17. The average molecular weight is 433 g/mol. The molecule has 0 unspecified atom stereocenters. The number of fused-ring (bicyclic) bond motifs is 1. The Morgan fingerprint density at radius 1 is 0.968 bits per heavy atom. The number of Topliss-reactive ketones (excluding diaryl/α,β-unsaturated/α-hetero) is 1. The summed E-state index contributed by atoms with van der Waals surface area (Å²) in [6, 6.07) is 18.0. The number of hydrogen-bond acceptors (Lipinski definition) is 4. The molecule has 1 aromatic heterocycles. The molecule has 5 heteroatoms. The van der Waals surface area contributed by atoms with Gasteiger partial charge in [0, 0.05) is 11.1 Å². The van der Waals surface area contributed by atoms with Gasteiger partial charge in [-0.25, -0.2) is 0 Å². The SMILES string of the molecule is Cc1ccc(C(=O)COc2c(-c3ccccc3Cl)oc3c(C)cc(C)cc3c2=O)cc1. The zero-order valence-electron chi connectivity index (χ0n) is 17.5. The lowest BCUT2D eigenvalue weighted by molar-refractivity contribution is 0.0920. The first-order valence-corrected chi connectivity index (χ1v) is 10.3. The zero-order chi connectivity index (χ0) is 22.1. The van der Waals surface area contributed by atoms with Crippen LogP contribution >= 0.6 is 11.6 Å². The molecule has 0 aliphatic rings. The van der Waals surface area contributed by atoms with Gasteiger partial charge >= 0.3 is 0 Å². The number of carbonyl (C=O) groups is 1. The lowest BCUT2D eigenvalue weighted by Gasteiger charge is -2.13. The van der Waals surface area contributed by atoms with E-state index in [0.29, 0.717) is 27.1 Å². The van der Waals surface area contributed by atoms with Crippen molar-refractivity contribution in [2.24, 2.45) is 0 Å². The van der Waals surface area contributed by atoms with E-state index in [1.165, 1.54) is 0 Å². The zero-order valence-corrected chi connectivity index (χ0v) is 18.2. The summed E-state index contributed by atoms with van der Waals surface area (Å²) < 4.78 is 12.0. The summed E-state index contributed by atoms with van der Waals surface area (Å²) in [5, 5.41) is 0.829. The molecular formula is C26H21ClO4. The van der Waals surface area contributed by atoms with Gasteiger partial charge in [-0.3, -0.25) is 9.59 Å². The number of aryl methyl sites for hydroxylation is 3. The highest BCUT2D eigenvalue weighted by molar-refractivity contribution is 6.33. The van der Waals surface area contributed by atoms with Crippen LogP contribution in [0.15, 0.2) is 69.9 Å². The molecule has 0 aliphatic carbocycles. The summed E-state index contributed by atoms with van der Waals surface area (Å²) in [7, 11) is 0. The number of rotatable bonds is 5. The minimum Gasteiger partial charge on any atom is -0.478 e. The van der Waals surface area contributed by atoms with Gasteiger partial charge in [0.25, 0.3) is 0 Å². The lowest BCUT2D eigenvalue weighted by atomic mass is 10.1. The molecule has 0 saturated heterocycles. The second kappa shape index (κ2) is 8.40. The molecule has 4 nitrogen and oxygen atoms in total.